The summed E-state index contributed by atoms with van der Waals surface area (Å²) in [5.74, 6) is -0.846. The lowest BCUT2D eigenvalue weighted by Gasteiger charge is -2.50. The van der Waals surface area contributed by atoms with Crippen LogP contribution in [0.3, 0.4) is 0 Å². The molecule has 3 fully saturated rings. The molecule has 3 aliphatic rings. The number of alkyl halides is 3. The van der Waals surface area contributed by atoms with Crippen molar-refractivity contribution in [2.24, 2.45) is 23.5 Å². The Kier molecular flexibility index (Phi) is 1.65. The molecular weight excluding hydrogens is 167 g/mol. The summed E-state index contributed by atoms with van der Waals surface area (Å²) in [6, 6.07) is -0.207. The number of rotatable bonds is 0. The SMILES string of the molecule is N[C@H]1C[C@@H](C(F)(F)F)C2CC1C2. The monoisotopic (exact) mass is 179 g/mol. The maximum atomic E-state index is 12.3. The third-order valence-electron chi connectivity index (χ3n) is 3.33. The minimum absolute atomic E-state index is 0.116. The van der Waals surface area contributed by atoms with Gasteiger partial charge in [0, 0.05) is 6.04 Å². The molecule has 0 aromatic carbocycles. The van der Waals surface area contributed by atoms with E-state index in [1.807, 2.05) is 0 Å². The van der Waals surface area contributed by atoms with Gasteiger partial charge in [-0.1, -0.05) is 0 Å². The molecule has 0 radical (unpaired) electrons. The van der Waals surface area contributed by atoms with Gasteiger partial charge in [-0.15, -0.1) is 0 Å². The molecule has 0 amide bonds. The van der Waals surface area contributed by atoms with Gasteiger partial charge in [0.1, 0.15) is 0 Å². The van der Waals surface area contributed by atoms with Gasteiger partial charge in [-0.2, -0.15) is 13.2 Å². The van der Waals surface area contributed by atoms with Crippen molar-refractivity contribution in [2.75, 3.05) is 0 Å². The second kappa shape index (κ2) is 2.37. The van der Waals surface area contributed by atoms with Crippen molar-refractivity contribution >= 4 is 0 Å². The summed E-state index contributed by atoms with van der Waals surface area (Å²) in [5.41, 5.74) is 5.60. The van der Waals surface area contributed by atoms with E-state index < -0.39 is 12.1 Å². The average Bonchev–Trinajstić information content (AvgIpc) is 1.81. The summed E-state index contributed by atoms with van der Waals surface area (Å²) < 4.78 is 37.0. The Morgan fingerprint density at radius 2 is 1.58 bits per heavy atom. The van der Waals surface area contributed by atoms with Crippen molar-refractivity contribution in [1.82, 2.24) is 0 Å². The Bertz CT molecular complexity index is 183. The Morgan fingerprint density at radius 1 is 1.00 bits per heavy atom. The zero-order valence-corrected chi connectivity index (χ0v) is 6.64. The van der Waals surface area contributed by atoms with Gasteiger partial charge in [-0.3, -0.25) is 0 Å². The molecule has 0 saturated heterocycles. The van der Waals surface area contributed by atoms with Crippen LogP contribution in [0.1, 0.15) is 19.3 Å². The van der Waals surface area contributed by atoms with Crippen LogP contribution >= 0.6 is 0 Å². The van der Waals surface area contributed by atoms with Gasteiger partial charge in [0.25, 0.3) is 0 Å². The van der Waals surface area contributed by atoms with Crippen molar-refractivity contribution in [3.8, 4) is 0 Å². The summed E-state index contributed by atoms with van der Waals surface area (Å²) in [6.45, 7) is 0. The first-order chi connectivity index (χ1) is 5.48. The molecule has 2 bridgehead atoms. The van der Waals surface area contributed by atoms with Gasteiger partial charge in [0.05, 0.1) is 5.92 Å². The van der Waals surface area contributed by atoms with Crippen molar-refractivity contribution in [3.05, 3.63) is 0 Å². The number of fused-ring (bicyclic) bond motifs is 2. The van der Waals surface area contributed by atoms with E-state index in [4.69, 9.17) is 5.73 Å². The first kappa shape index (κ1) is 8.35. The summed E-state index contributed by atoms with van der Waals surface area (Å²) in [5, 5.41) is 0. The predicted octanol–water partition coefficient (Wildman–Crippen LogP) is 1.92. The molecule has 3 saturated carbocycles. The summed E-state index contributed by atoms with van der Waals surface area (Å²) in [7, 11) is 0. The highest BCUT2D eigenvalue weighted by Crippen LogP contribution is 2.53. The molecular formula is C8H12F3N. The molecule has 0 aliphatic heterocycles. The number of hydrogen-bond acceptors (Lipinski definition) is 1. The summed E-state index contributed by atoms with van der Waals surface area (Å²) >= 11 is 0. The molecule has 2 N–H and O–H groups in total. The van der Waals surface area contributed by atoms with Gasteiger partial charge in [0.2, 0.25) is 0 Å². The minimum Gasteiger partial charge on any atom is -0.327 e. The van der Waals surface area contributed by atoms with Gasteiger partial charge < -0.3 is 5.73 Å². The van der Waals surface area contributed by atoms with E-state index in [1.54, 1.807) is 0 Å². The predicted molar refractivity (Wildman–Crippen MR) is 38.4 cm³/mol. The third kappa shape index (κ3) is 1.13. The largest absolute Gasteiger partial charge is 0.392 e. The van der Waals surface area contributed by atoms with E-state index in [0.717, 1.165) is 0 Å². The highest BCUT2D eigenvalue weighted by Gasteiger charge is 2.54. The second-order valence-corrected chi connectivity index (χ2v) is 4.04. The molecule has 12 heavy (non-hydrogen) atoms. The van der Waals surface area contributed by atoms with Crippen LogP contribution in [-0.2, 0) is 0 Å². The van der Waals surface area contributed by atoms with Gasteiger partial charge >= 0.3 is 6.18 Å². The fourth-order valence-corrected chi connectivity index (χ4v) is 2.47. The molecule has 0 aromatic heterocycles. The van der Waals surface area contributed by atoms with Crippen molar-refractivity contribution in [2.45, 2.75) is 31.5 Å². The molecule has 1 nitrogen and oxygen atoms in total. The quantitative estimate of drug-likeness (QED) is 0.604. The molecule has 0 spiro atoms. The fourth-order valence-electron chi connectivity index (χ4n) is 2.47. The first-order valence-corrected chi connectivity index (χ1v) is 4.31. The number of hydrogen-bond donors (Lipinski definition) is 1. The molecule has 2 atom stereocenters. The number of nitrogens with two attached hydrogens (primary N) is 1. The molecule has 0 aromatic rings. The van der Waals surface area contributed by atoms with Crippen LogP contribution < -0.4 is 5.73 Å². The normalized spacial score (nSPS) is 47.0. The average molecular weight is 179 g/mol. The summed E-state index contributed by atoms with van der Waals surface area (Å²) in [4.78, 5) is 0. The van der Waals surface area contributed by atoms with Crippen LogP contribution in [0.5, 0.6) is 0 Å². The maximum absolute atomic E-state index is 12.3. The number of halogens is 3. The third-order valence-corrected chi connectivity index (χ3v) is 3.33. The zero-order valence-electron chi connectivity index (χ0n) is 6.64. The van der Waals surface area contributed by atoms with E-state index >= 15 is 0 Å². The smallest absolute Gasteiger partial charge is 0.327 e. The summed E-state index contributed by atoms with van der Waals surface area (Å²) in [6.07, 6.45) is -2.47. The topological polar surface area (TPSA) is 26.0 Å². The van der Waals surface area contributed by atoms with E-state index in [9.17, 15) is 13.2 Å². The van der Waals surface area contributed by atoms with Gasteiger partial charge in [0.15, 0.2) is 0 Å². The van der Waals surface area contributed by atoms with Crippen LogP contribution in [0.15, 0.2) is 0 Å². The van der Waals surface area contributed by atoms with Crippen molar-refractivity contribution in [3.63, 3.8) is 0 Å². The molecule has 4 heteroatoms. The van der Waals surface area contributed by atoms with Crippen LogP contribution in [0.2, 0.25) is 0 Å². The lowest BCUT2D eigenvalue weighted by atomic mass is 9.58. The van der Waals surface area contributed by atoms with E-state index in [2.05, 4.69) is 0 Å². The van der Waals surface area contributed by atoms with E-state index in [1.165, 1.54) is 0 Å². The Morgan fingerprint density at radius 3 is 1.92 bits per heavy atom. The highest BCUT2D eigenvalue weighted by atomic mass is 19.4. The maximum Gasteiger partial charge on any atom is 0.392 e. The zero-order chi connectivity index (χ0) is 8.93. The van der Waals surface area contributed by atoms with Crippen LogP contribution in [0, 0.1) is 17.8 Å². The lowest BCUT2D eigenvalue weighted by Crippen LogP contribution is -2.53. The fraction of sp³-hybridized carbons (Fsp3) is 1.00. The highest BCUT2D eigenvalue weighted by molar-refractivity contribution is 4.99. The van der Waals surface area contributed by atoms with Gasteiger partial charge in [-0.05, 0) is 31.1 Å². The van der Waals surface area contributed by atoms with Gasteiger partial charge in [-0.25, -0.2) is 0 Å². The molecule has 0 unspecified atom stereocenters. The molecule has 0 heterocycles. The lowest BCUT2D eigenvalue weighted by molar-refractivity contribution is -0.218. The molecule has 3 aliphatic carbocycles. The van der Waals surface area contributed by atoms with Crippen LogP contribution in [0.4, 0.5) is 13.2 Å². The van der Waals surface area contributed by atoms with E-state index in [0.29, 0.717) is 18.8 Å². The molecule has 70 valence electrons. The van der Waals surface area contributed by atoms with Crippen molar-refractivity contribution < 1.29 is 13.2 Å². The first-order valence-electron chi connectivity index (χ1n) is 4.31. The van der Waals surface area contributed by atoms with Crippen LogP contribution in [-0.4, -0.2) is 12.2 Å². The van der Waals surface area contributed by atoms with Crippen LogP contribution in [0.25, 0.3) is 0 Å². The Balaban J connectivity index is 2.07. The Labute approximate surface area is 69.1 Å². The van der Waals surface area contributed by atoms with E-state index in [-0.39, 0.29) is 18.4 Å². The standard InChI is InChI=1S/C8H12F3N/c9-8(10,11)6-3-7(12)5-1-4(6)2-5/h4-7H,1-3,12H2/t4?,5?,6-,7+/m1/s1. The molecule has 3 rings (SSSR count). The van der Waals surface area contributed by atoms with Crippen molar-refractivity contribution in [1.29, 1.82) is 0 Å². The second-order valence-electron chi connectivity index (χ2n) is 4.04. The minimum atomic E-state index is -4.02. The Hall–Kier alpha value is -0.250.